The van der Waals surface area contributed by atoms with E-state index in [1.807, 2.05) is 24.0 Å². The van der Waals surface area contributed by atoms with Crippen LogP contribution >= 0.6 is 0 Å². The van der Waals surface area contributed by atoms with E-state index in [2.05, 4.69) is 5.32 Å². The number of carbonyl (C=O) groups is 1. The van der Waals surface area contributed by atoms with Gasteiger partial charge in [0.1, 0.15) is 17.3 Å². The van der Waals surface area contributed by atoms with Gasteiger partial charge in [-0.2, -0.15) is 0 Å². The number of nitrogens with zero attached hydrogens (tertiary/aromatic N) is 3. The number of amides is 1. The molecule has 1 aliphatic heterocycles. The molecule has 1 atom stereocenters. The largest absolute Gasteiger partial charge is 0.497 e. The Balaban J connectivity index is 1.72. The van der Waals surface area contributed by atoms with E-state index in [1.54, 1.807) is 24.9 Å². The van der Waals surface area contributed by atoms with Crippen LogP contribution in [0.4, 0.5) is 5.82 Å². The quantitative estimate of drug-likeness (QED) is 0.707. The third-order valence-electron chi connectivity index (χ3n) is 5.76. The summed E-state index contributed by atoms with van der Waals surface area (Å²) in [5.74, 6) is 1.62. The van der Waals surface area contributed by atoms with Crippen molar-refractivity contribution in [3.05, 3.63) is 50.7 Å². The number of anilines is 1. The second-order valence-corrected chi connectivity index (χ2v) is 7.61. The molecule has 1 saturated heterocycles. The Morgan fingerprint density at radius 2 is 1.97 bits per heavy atom. The van der Waals surface area contributed by atoms with Gasteiger partial charge in [0.25, 0.3) is 5.56 Å². The fourth-order valence-electron chi connectivity index (χ4n) is 3.94. The maximum absolute atomic E-state index is 12.9. The van der Waals surface area contributed by atoms with Gasteiger partial charge in [0, 0.05) is 50.9 Å². The van der Waals surface area contributed by atoms with Crippen molar-refractivity contribution in [1.29, 1.82) is 0 Å². The molecular formula is C22H30N4O5. The summed E-state index contributed by atoms with van der Waals surface area (Å²) in [6.07, 6.45) is 1.56. The normalized spacial score (nSPS) is 16.1. The van der Waals surface area contributed by atoms with Gasteiger partial charge in [0.15, 0.2) is 0 Å². The van der Waals surface area contributed by atoms with Crippen molar-refractivity contribution in [3.63, 3.8) is 0 Å². The van der Waals surface area contributed by atoms with E-state index in [0.717, 1.165) is 23.0 Å². The van der Waals surface area contributed by atoms with Crippen LogP contribution in [0.25, 0.3) is 0 Å². The minimum absolute atomic E-state index is 0.0585. The van der Waals surface area contributed by atoms with Gasteiger partial charge < -0.3 is 19.7 Å². The summed E-state index contributed by atoms with van der Waals surface area (Å²) < 4.78 is 13.3. The lowest BCUT2D eigenvalue weighted by Gasteiger charge is -2.34. The number of methoxy groups -OCH3 is 2. The van der Waals surface area contributed by atoms with Crippen molar-refractivity contribution < 1.29 is 14.3 Å². The van der Waals surface area contributed by atoms with Crippen LogP contribution < -0.4 is 30.9 Å². The molecule has 0 spiro atoms. The van der Waals surface area contributed by atoms with Crippen molar-refractivity contribution in [2.45, 2.75) is 32.9 Å². The van der Waals surface area contributed by atoms with Crippen molar-refractivity contribution in [3.8, 4) is 11.5 Å². The van der Waals surface area contributed by atoms with E-state index in [1.165, 1.54) is 13.1 Å². The van der Waals surface area contributed by atoms with Crippen molar-refractivity contribution in [2.24, 2.45) is 13.0 Å². The highest BCUT2D eigenvalue weighted by Crippen LogP contribution is 2.25. The molecule has 1 N–H and O–H groups in total. The predicted octanol–water partition coefficient (Wildman–Crippen LogP) is 1.12. The van der Waals surface area contributed by atoms with Gasteiger partial charge in [-0.1, -0.05) is 0 Å². The van der Waals surface area contributed by atoms with Gasteiger partial charge in [-0.25, -0.2) is 4.79 Å². The standard InChI is InChI=1S/C22H30N4O5/c1-5-26-19(12-20(27)24(2)22(26)29)25-10-6-7-16(14-25)21(28)23-13-15-8-9-17(30-3)11-18(15)31-4/h8-9,11-12,16H,5-7,10,13-14H2,1-4H3,(H,23,28). The van der Waals surface area contributed by atoms with Crippen LogP contribution in [0.5, 0.6) is 11.5 Å². The Labute approximate surface area is 181 Å². The zero-order valence-electron chi connectivity index (χ0n) is 18.5. The van der Waals surface area contributed by atoms with Crippen LogP contribution in [0.15, 0.2) is 33.9 Å². The Morgan fingerprint density at radius 3 is 2.65 bits per heavy atom. The van der Waals surface area contributed by atoms with Crippen LogP contribution in [0.3, 0.4) is 0 Å². The molecule has 1 aromatic heterocycles. The highest BCUT2D eigenvalue weighted by Gasteiger charge is 2.28. The molecule has 9 heteroatoms. The van der Waals surface area contributed by atoms with Crippen LogP contribution in [-0.2, 0) is 24.9 Å². The molecule has 1 aliphatic rings. The lowest BCUT2D eigenvalue weighted by molar-refractivity contribution is -0.125. The van der Waals surface area contributed by atoms with Gasteiger partial charge >= 0.3 is 5.69 Å². The summed E-state index contributed by atoms with van der Waals surface area (Å²) >= 11 is 0. The molecule has 31 heavy (non-hydrogen) atoms. The Hall–Kier alpha value is -3.23. The molecule has 1 aromatic carbocycles. The minimum Gasteiger partial charge on any atom is -0.497 e. The van der Waals surface area contributed by atoms with Crippen LogP contribution in [-0.4, -0.2) is 42.4 Å². The van der Waals surface area contributed by atoms with Crippen LogP contribution in [0, 0.1) is 5.92 Å². The third-order valence-corrected chi connectivity index (χ3v) is 5.76. The van der Waals surface area contributed by atoms with E-state index in [4.69, 9.17) is 9.47 Å². The Morgan fingerprint density at radius 1 is 1.19 bits per heavy atom. The molecule has 0 aliphatic carbocycles. The van der Waals surface area contributed by atoms with Gasteiger partial charge in [-0.3, -0.25) is 18.7 Å². The molecule has 2 aromatic rings. The van der Waals surface area contributed by atoms with E-state index in [0.29, 0.717) is 43.5 Å². The first-order valence-corrected chi connectivity index (χ1v) is 10.4. The number of hydrogen-bond acceptors (Lipinski definition) is 6. The number of ether oxygens (including phenoxy) is 2. The fourth-order valence-corrected chi connectivity index (χ4v) is 3.94. The smallest absolute Gasteiger partial charge is 0.332 e. The molecule has 0 saturated carbocycles. The van der Waals surface area contributed by atoms with Gasteiger partial charge in [0.05, 0.1) is 20.1 Å². The molecule has 1 fully saturated rings. The summed E-state index contributed by atoms with van der Waals surface area (Å²) in [4.78, 5) is 39.5. The molecule has 2 heterocycles. The maximum atomic E-state index is 12.9. The maximum Gasteiger partial charge on any atom is 0.332 e. The lowest BCUT2D eigenvalue weighted by atomic mass is 9.97. The zero-order chi connectivity index (χ0) is 22.5. The summed E-state index contributed by atoms with van der Waals surface area (Å²) in [6, 6.07) is 6.95. The van der Waals surface area contributed by atoms with E-state index >= 15 is 0 Å². The number of nitrogens with one attached hydrogen (secondary N) is 1. The van der Waals surface area contributed by atoms with Crippen LogP contribution in [0.2, 0.25) is 0 Å². The second-order valence-electron chi connectivity index (χ2n) is 7.61. The SMILES string of the molecule is CCn1c(N2CCCC(C(=O)NCc3ccc(OC)cc3OC)C2)cc(=O)n(C)c1=O. The minimum atomic E-state index is -0.345. The second kappa shape index (κ2) is 9.72. The number of rotatable bonds is 7. The summed E-state index contributed by atoms with van der Waals surface area (Å²) in [5, 5.41) is 2.99. The predicted molar refractivity (Wildman–Crippen MR) is 118 cm³/mol. The number of aromatic nitrogens is 2. The number of carbonyl (C=O) groups excluding carboxylic acids is 1. The number of piperidine rings is 1. The van der Waals surface area contributed by atoms with Crippen molar-refractivity contribution in [2.75, 3.05) is 32.2 Å². The number of benzene rings is 1. The van der Waals surface area contributed by atoms with Crippen molar-refractivity contribution >= 4 is 11.7 Å². The first kappa shape index (κ1) is 22.5. The highest BCUT2D eigenvalue weighted by atomic mass is 16.5. The monoisotopic (exact) mass is 430 g/mol. The van der Waals surface area contributed by atoms with E-state index in [9.17, 15) is 14.4 Å². The van der Waals surface area contributed by atoms with Crippen LogP contribution in [0.1, 0.15) is 25.3 Å². The first-order chi connectivity index (χ1) is 14.9. The molecule has 1 unspecified atom stereocenters. The highest BCUT2D eigenvalue weighted by molar-refractivity contribution is 5.79. The zero-order valence-corrected chi connectivity index (χ0v) is 18.5. The topological polar surface area (TPSA) is 94.8 Å². The lowest BCUT2D eigenvalue weighted by Crippen LogP contribution is -2.47. The average Bonchev–Trinajstić information content (AvgIpc) is 2.80. The van der Waals surface area contributed by atoms with Gasteiger partial charge in [-0.15, -0.1) is 0 Å². The van der Waals surface area contributed by atoms with E-state index in [-0.39, 0.29) is 23.1 Å². The third kappa shape index (κ3) is 4.76. The average molecular weight is 431 g/mol. The molecule has 168 valence electrons. The Kier molecular flexibility index (Phi) is 7.04. The Bertz CT molecular complexity index is 1060. The molecular weight excluding hydrogens is 400 g/mol. The summed E-state index contributed by atoms with van der Waals surface area (Å²) in [7, 11) is 4.64. The van der Waals surface area contributed by atoms with Gasteiger partial charge in [0.2, 0.25) is 5.91 Å². The fraction of sp³-hybridized carbons (Fsp3) is 0.500. The van der Waals surface area contributed by atoms with E-state index < -0.39 is 0 Å². The molecule has 0 radical (unpaired) electrons. The number of hydrogen-bond donors (Lipinski definition) is 1. The first-order valence-electron chi connectivity index (χ1n) is 10.4. The van der Waals surface area contributed by atoms with Crippen molar-refractivity contribution in [1.82, 2.24) is 14.5 Å². The van der Waals surface area contributed by atoms with Gasteiger partial charge in [-0.05, 0) is 31.9 Å². The summed E-state index contributed by atoms with van der Waals surface area (Å²) in [6.45, 7) is 3.81. The molecule has 0 bridgehead atoms. The summed E-state index contributed by atoms with van der Waals surface area (Å²) in [5.41, 5.74) is 0.168. The molecule has 9 nitrogen and oxygen atoms in total. The molecule has 3 rings (SSSR count). The molecule has 1 amide bonds.